The van der Waals surface area contributed by atoms with Gasteiger partial charge in [0.1, 0.15) is 24.1 Å². The number of carbonyl (C=O) groups excluding carboxylic acids is 2. The second-order valence-corrected chi connectivity index (χ2v) is 7.23. The number of hydrogen-bond donors (Lipinski definition) is 4. The predicted molar refractivity (Wildman–Crippen MR) is 101 cm³/mol. The van der Waals surface area contributed by atoms with Crippen LogP contribution in [0.2, 0.25) is 0 Å². The van der Waals surface area contributed by atoms with Gasteiger partial charge in [0.25, 0.3) is 0 Å². The molecule has 5 atom stereocenters. The molecule has 1 aromatic rings. The minimum Gasteiger partial charge on any atom is -0.388 e. The second kappa shape index (κ2) is 10.0. The van der Waals surface area contributed by atoms with Gasteiger partial charge in [-0.25, -0.2) is 9.78 Å². The van der Waals surface area contributed by atoms with Crippen LogP contribution in [0.15, 0.2) is 12.4 Å². The Labute approximate surface area is 169 Å². The number of nitrogens with zero attached hydrogens (tertiary/aromatic N) is 2. The summed E-state index contributed by atoms with van der Waals surface area (Å²) in [6.45, 7) is 1.34. The number of urea groups is 1. The van der Waals surface area contributed by atoms with E-state index in [1.165, 1.54) is 0 Å². The maximum Gasteiger partial charge on any atom is 0.314 e. The van der Waals surface area contributed by atoms with Crippen LogP contribution in [0.25, 0.3) is 0 Å². The van der Waals surface area contributed by atoms with E-state index in [1.54, 1.807) is 13.3 Å². The van der Waals surface area contributed by atoms with Gasteiger partial charge >= 0.3 is 6.03 Å². The third-order valence-electron chi connectivity index (χ3n) is 5.11. The number of aliphatic hydroxyl groups excluding tert-OH is 1. The van der Waals surface area contributed by atoms with Crippen molar-refractivity contribution >= 4 is 11.9 Å². The summed E-state index contributed by atoms with van der Waals surface area (Å²) in [4.78, 5) is 28.0. The highest BCUT2D eigenvalue weighted by Crippen LogP contribution is 2.35. The van der Waals surface area contributed by atoms with Gasteiger partial charge in [0, 0.05) is 46.1 Å². The summed E-state index contributed by atoms with van der Waals surface area (Å²) in [5.74, 6) is 0.626. The first-order valence-corrected chi connectivity index (χ1v) is 9.70. The van der Waals surface area contributed by atoms with E-state index in [0.29, 0.717) is 26.1 Å². The Balaban J connectivity index is 1.36. The number of amides is 3. The molecule has 11 heteroatoms. The molecular weight excluding hydrogens is 382 g/mol. The molecule has 2 aliphatic heterocycles. The van der Waals surface area contributed by atoms with Crippen LogP contribution in [0.3, 0.4) is 0 Å². The number of imidazole rings is 1. The van der Waals surface area contributed by atoms with Gasteiger partial charge in [-0.2, -0.15) is 0 Å². The molecule has 2 saturated heterocycles. The smallest absolute Gasteiger partial charge is 0.314 e. The standard InChI is InChI=1S/C18H29N5O6/c1-23-5-3-19-14(23)10-21-15(24)8-11-7-12-17(28-11)16(25)13(29-12)9-22-18(26)20-4-6-27-2/h3,5,11-13,16-17,25H,4,6-10H2,1-2H3,(H,21,24)(H2,20,22,26). The monoisotopic (exact) mass is 411 g/mol. The minimum absolute atomic E-state index is 0.140. The van der Waals surface area contributed by atoms with Crippen LogP contribution in [-0.2, 0) is 32.6 Å². The van der Waals surface area contributed by atoms with Gasteiger partial charge in [0.05, 0.1) is 31.8 Å². The van der Waals surface area contributed by atoms with Gasteiger partial charge in [0.15, 0.2) is 0 Å². The Kier molecular flexibility index (Phi) is 7.42. The maximum absolute atomic E-state index is 12.2. The lowest BCUT2D eigenvalue weighted by Gasteiger charge is -2.20. The summed E-state index contributed by atoms with van der Waals surface area (Å²) in [5, 5.41) is 18.6. The first-order chi connectivity index (χ1) is 14.0. The van der Waals surface area contributed by atoms with E-state index < -0.39 is 18.3 Å². The molecule has 4 N–H and O–H groups in total. The Morgan fingerprint density at radius 1 is 1.34 bits per heavy atom. The van der Waals surface area contributed by atoms with E-state index in [1.807, 2.05) is 17.8 Å². The first-order valence-electron chi connectivity index (χ1n) is 9.70. The molecule has 3 amide bonds. The average molecular weight is 411 g/mol. The molecule has 0 spiro atoms. The SMILES string of the molecule is COCCNC(=O)NCC1OC2CC(CC(=O)NCc3nccn3C)OC2C1O. The Hall–Kier alpha value is -2.21. The molecular formula is C18H29N5O6. The molecule has 11 nitrogen and oxygen atoms in total. The van der Waals surface area contributed by atoms with Gasteiger partial charge in [-0.1, -0.05) is 0 Å². The Morgan fingerprint density at radius 2 is 2.17 bits per heavy atom. The zero-order valence-electron chi connectivity index (χ0n) is 16.7. The molecule has 5 unspecified atom stereocenters. The predicted octanol–water partition coefficient (Wildman–Crippen LogP) is -1.34. The van der Waals surface area contributed by atoms with Gasteiger partial charge < -0.3 is 39.8 Å². The fourth-order valence-corrected chi connectivity index (χ4v) is 3.55. The van der Waals surface area contributed by atoms with Crippen molar-refractivity contribution in [3.8, 4) is 0 Å². The topological polar surface area (TPSA) is 136 Å². The van der Waals surface area contributed by atoms with Crippen molar-refractivity contribution < 1.29 is 28.9 Å². The highest BCUT2D eigenvalue weighted by Gasteiger charge is 2.50. The van der Waals surface area contributed by atoms with Crippen molar-refractivity contribution in [1.29, 1.82) is 0 Å². The van der Waals surface area contributed by atoms with Crippen LogP contribution in [0, 0.1) is 0 Å². The number of fused-ring (bicyclic) bond motifs is 1. The number of aryl methyl sites for hydroxylation is 1. The first kappa shape index (κ1) is 21.5. The van der Waals surface area contributed by atoms with E-state index in [4.69, 9.17) is 14.2 Å². The lowest BCUT2D eigenvalue weighted by Crippen LogP contribution is -2.44. The zero-order valence-corrected chi connectivity index (χ0v) is 16.7. The number of ether oxygens (including phenoxy) is 3. The summed E-state index contributed by atoms with van der Waals surface area (Å²) in [6, 6.07) is -0.349. The third-order valence-corrected chi connectivity index (χ3v) is 5.11. The molecule has 0 bridgehead atoms. The van der Waals surface area contributed by atoms with E-state index in [9.17, 15) is 14.7 Å². The summed E-state index contributed by atoms with van der Waals surface area (Å²) < 4.78 is 18.4. The van der Waals surface area contributed by atoms with Gasteiger partial charge in [-0.05, 0) is 0 Å². The number of aromatic nitrogens is 2. The third kappa shape index (κ3) is 5.66. The molecule has 3 heterocycles. The molecule has 0 aliphatic carbocycles. The Morgan fingerprint density at radius 3 is 2.86 bits per heavy atom. The van der Waals surface area contributed by atoms with Crippen molar-refractivity contribution in [3.63, 3.8) is 0 Å². The second-order valence-electron chi connectivity index (χ2n) is 7.23. The van der Waals surface area contributed by atoms with E-state index in [2.05, 4.69) is 20.9 Å². The number of rotatable bonds is 9. The van der Waals surface area contributed by atoms with Crippen LogP contribution in [0.4, 0.5) is 4.79 Å². The number of methoxy groups -OCH3 is 1. The summed E-state index contributed by atoms with van der Waals surface area (Å²) in [7, 11) is 3.42. The normalized spacial score (nSPS) is 28.2. The minimum atomic E-state index is -0.861. The maximum atomic E-state index is 12.2. The summed E-state index contributed by atoms with van der Waals surface area (Å²) in [6.07, 6.45) is 1.70. The van der Waals surface area contributed by atoms with Crippen molar-refractivity contribution in [1.82, 2.24) is 25.5 Å². The molecule has 3 rings (SSSR count). The zero-order chi connectivity index (χ0) is 20.8. The van der Waals surface area contributed by atoms with Crippen molar-refractivity contribution in [3.05, 3.63) is 18.2 Å². The van der Waals surface area contributed by atoms with Crippen molar-refractivity contribution in [2.45, 2.75) is 49.9 Å². The largest absolute Gasteiger partial charge is 0.388 e. The Bertz CT molecular complexity index is 698. The molecule has 2 aliphatic rings. The van der Waals surface area contributed by atoms with Crippen LogP contribution >= 0.6 is 0 Å². The molecule has 2 fully saturated rings. The summed E-state index contributed by atoms with van der Waals surface area (Å²) >= 11 is 0. The van der Waals surface area contributed by atoms with Crippen LogP contribution < -0.4 is 16.0 Å². The lowest BCUT2D eigenvalue weighted by molar-refractivity contribution is -0.125. The highest BCUT2D eigenvalue weighted by molar-refractivity contribution is 5.76. The number of nitrogens with one attached hydrogen (secondary N) is 3. The molecule has 0 radical (unpaired) electrons. The number of carbonyl (C=O) groups is 2. The van der Waals surface area contributed by atoms with Gasteiger partial charge in [-0.3, -0.25) is 4.79 Å². The van der Waals surface area contributed by atoms with Crippen molar-refractivity contribution in [2.24, 2.45) is 7.05 Å². The summed E-state index contributed by atoms with van der Waals surface area (Å²) in [5.41, 5.74) is 0. The van der Waals surface area contributed by atoms with E-state index in [0.717, 1.165) is 5.82 Å². The van der Waals surface area contributed by atoms with Crippen molar-refractivity contribution in [2.75, 3.05) is 26.8 Å². The molecule has 1 aromatic heterocycles. The van der Waals surface area contributed by atoms with Crippen LogP contribution in [-0.4, -0.2) is 83.9 Å². The molecule has 29 heavy (non-hydrogen) atoms. The average Bonchev–Trinajstić information content (AvgIpc) is 3.35. The quantitative estimate of drug-likeness (QED) is 0.369. The van der Waals surface area contributed by atoms with Gasteiger partial charge in [0.2, 0.25) is 5.91 Å². The number of aliphatic hydroxyl groups is 1. The van der Waals surface area contributed by atoms with E-state index >= 15 is 0 Å². The fourth-order valence-electron chi connectivity index (χ4n) is 3.55. The highest BCUT2D eigenvalue weighted by atomic mass is 16.6. The molecule has 162 valence electrons. The van der Waals surface area contributed by atoms with Crippen LogP contribution in [0.1, 0.15) is 18.7 Å². The number of hydrogen-bond acceptors (Lipinski definition) is 7. The van der Waals surface area contributed by atoms with Gasteiger partial charge in [-0.15, -0.1) is 0 Å². The lowest BCUT2D eigenvalue weighted by atomic mass is 10.1. The molecule has 0 aromatic carbocycles. The van der Waals surface area contributed by atoms with E-state index in [-0.39, 0.29) is 37.1 Å². The molecule has 0 saturated carbocycles. The van der Waals surface area contributed by atoms with Crippen LogP contribution in [0.5, 0.6) is 0 Å². The fraction of sp³-hybridized carbons (Fsp3) is 0.722.